The molecule has 7 heteroatoms. The highest BCUT2D eigenvalue weighted by molar-refractivity contribution is 5.88. The summed E-state index contributed by atoms with van der Waals surface area (Å²) in [6.07, 6.45) is 10.1. The van der Waals surface area contributed by atoms with Crippen LogP contribution in [0.15, 0.2) is 35.5 Å². The van der Waals surface area contributed by atoms with Crippen LogP contribution in [0.2, 0.25) is 0 Å². The summed E-state index contributed by atoms with van der Waals surface area (Å²) in [5.41, 5.74) is -2.45. The number of cyclic esters (lactones) is 1. The van der Waals surface area contributed by atoms with Crippen LogP contribution in [-0.2, 0) is 23.8 Å². The van der Waals surface area contributed by atoms with E-state index in [9.17, 15) is 19.8 Å². The lowest BCUT2D eigenvalue weighted by Gasteiger charge is -2.58. The number of esters is 2. The lowest BCUT2D eigenvalue weighted by Crippen LogP contribution is -2.69. The van der Waals surface area contributed by atoms with Crippen LogP contribution in [-0.4, -0.2) is 56.8 Å². The fourth-order valence-corrected chi connectivity index (χ4v) is 10.2. The van der Waals surface area contributed by atoms with E-state index >= 15 is 0 Å². The van der Waals surface area contributed by atoms with Gasteiger partial charge in [0.2, 0.25) is 0 Å². The van der Waals surface area contributed by atoms with Crippen LogP contribution in [0.3, 0.4) is 0 Å². The zero-order chi connectivity index (χ0) is 26.3. The molecule has 0 aromatic rings. The van der Waals surface area contributed by atoms with Crippen LogP contribution in [0, 0.1) is 35.0 Å². The second kappa shape index (κ2) is 6.97. The van der Waals surface area contributed by atoms with Crippen molar-refractivity contribution in [3.8, 4) is 0 Å². The average Bonchev–Trinajstić information content (AvgIpc) is 3.51. The van der Waals surface area contributed by atoms with Gasteiger partial charge in [0.25, 0.3) is 0 Å². The lowest BCUT2D eigenvalue weighted by molar-refractivity contribution is -0.209. The van der Waals surface area contributed by atoms with Crippen molar-refractivity contribution in [1.29, 1.82) is 0 Å². The summed E-state index contributed by atoms with van der Waals surface area (Å²) in [4.78, 5) is 24.6. The number of rotatable bonds is 0. The highest BCUT2D eigenvalue weighted by Crippen LogP contribution is 2.75. The summed E-state index contributed by atoms with van der Waals surface area (Å²) < 4.78 is 18.1. The number of carbonyl (C=O) groups excluding carboxylic acids is 2. The number of hydrogen-bond donors (Lipinski definition) is 2. The topological polar surface area (TPSA) is 106 Å². The fraction of sp³-hybridized carbons (Fsp3) is 0.733. The normalized spacial score (nSPS) is 54.8. The van der Waals surface area contributed by atoms with E-state index in [1.807, 2.05) is 32.1 Å². The highest BCUT2D eigenvalue weighted by atomic mass is 16.6. The number of hydrogen-bond acceptors (Lipinski definition) is 7. The van der Waals surface area contributed by atoms with E-state index in [0.717, 1.165) is 24.8 Å². The monoisotopic (exact) mass is 510 g/mol. The molecular formula is C30H38O7. The number of fused-ring (bicyclic) bond motifs is 6. The van der Waals surface area contributed by atoms with Crippen molar-refractivity contribution >= 4 is 11.9 Å². The van der Waals surface area contributed by atoms with Crippen molar-refractivity contribution in [2.45, 2.75) is 101 Å². The van der Waals surface area contributed by atoms with Crippen molar-refractivity contribution < 1.29 is 34.0 Å². The minimum atomic E-state index is -1.14. The van der Waals surface area contributed by atoms with Crippen LogP contribution in [0.1, 0.15) is 66.7 Å². The molecule has 37 heavy (non-hydrogen) atoms. The molecule has 0 bridgehead atoms. The van der Waals surface area contributed by atoms with Crippen molar-refractivity contribution in [2.24, 2.45) is 35.0 Å². The molecule has 7 rings (SSSR count). The smallest absolute Gasteiger partial charge is 0.333 e. The molecule has 0 aromatic heterocycles. The highest BCUT2D eigenvalue weighted by Gasteiger charge is 2.84. The Morgan fingerprint density at radius 3 is 2.51 bits per heavy atom. The quantitative estimate of drug-likeness (QED) is 0.380. The van der Waals surface area contributed by atoms with Crippen molar-refractivity contribution in [3.05, 3.63) is 35.5 Å². The number of epoxide rings is 1. The standard InChI is InChI=1S/C30H38O7/c1-15-10-18-12-29(34)21-13-28(33)11-17-6-9-23(31)37-26(3,4)19(17)7-8-20(28)27(21,5)14-22-30(29,36-22)16(2)24(18)35-25(15)32/h6,9-11,16,18-22,24,33-34H,7-8,12-14H2,1-5H3/t16-,18-,19?,20+,21-,22-,24+,27+,28-,29+,30-/m1/s1. The summed E-state index contributed by atoms with van der Waals surface area (Å²) >= 11 is 0. The van der Waals surface area contributed by atoms with Crippen LogP contribution in [0.5, 0.6) is 0 Å². The minimum Gasteiger partial charge on any atom is -0.458 e. The van der Waals surface area contributed by atoms with Gasteiger partial charge in [-0.2, -0.15) is 0 Å². The van der Waals surface area contributed by atoms with E-state index in [4.69, 9.17) is 14.2 Å². The van der Waals surface area contributed by atoms with Crippen LogP contribution >= 0.6 is 0 Å². The lowest BCUT2D eigenvalue weighted by atomic mass is 9.48. The third-order valence-corrected chi connectivity index (χ3v) is 11.7. The van der Waals surface area contributed by atoms with Gasteiger partial charge in [0, 0.05) is 29.4 Å². The molecule has 1 spiro atoms. The molecule has 4 fully saturated rings. The summed E-state index contributed by atoms with van der Waals surface area (Å²) in [6.45, 7) is 9.97. The summed E-state index contributed by atoms with van der Waals surface area (Å²) in [6, 6.07) is 0. The van der Waals surface area contributed by atoms with Gasteiger partial charge in [-0.05, 0) is 81.8 Å². The third kappa shape index (κ3) is 2.83. The Balaban J connectivity index is 1.32. The molecule has 7 aliphatic rings. The third-order valence-electron chi connectivity index (χ3n) is 11.7. The van der Waals surface area contributed by atoms with Gasteiger partial charge >= 0.3 is 11.9 Å². The number of carbonyl (C=O) groups is 2. The van der Waals surface area contributed by atoms with Gasteiger partial charge in [0.05, 0.1) is 11.7 Å². The van der Waals surface area contributed by atoms with E-state index in [2.05, 4.69) is 13.8 Å². The first-order valence-electron chi connectivity index (χ1n) is 13.9. The van der Waals surface area contributed by atoms with E-state index in [-0.39, 0.29) is 59.2 Å². The second-order valence-corrected chi connectivity index (χ2v) is 13.8. The van der Waals surface area contributed by atoms with Gasteiger partial charge in [-0.1, -0.05) is 26.0 Å². The molecular weight excluding hydrogens is 472 g/mol. The first kappa shape index (κ1) is 24.1. The Morgan fingerprint density at radius 2 is 1.76 bits per heavy atom. The molecule has 200 valence electrons. The van der Waals surface area contributed by atoms with E-state index in [0.29, 0.717) is 18.4 Å². The SMILES string of the molecule is CC1=C[C@@H]2C[C@]3(O)[C@@H]4C[C@]5(O)C=C6C=CC(=O)OC(C)(C)C6CC[C@H]5[C@]4(C)C[C@H]4O[C@]43[C@H](C)[C@@H]2OC1=O. The predicted molar refractivity (Wildman–Crippen MR) is 133 cm³/mol. The maximum atomic E-state index is 12.7. The zero-order valence-electron chi connectivity index (χ0n) is 22.3. The first-order valence-corrected chi connectivity index (χ1v) is 13.9. The zero-order valence-corrected chi connectivity index (χ0v) is 22.3. The Kier molecular flexibility index (Phi) is 4.54. The maximum Gasteiger partial charge on any atom is 0.333 e. The van der Waals surface area contributed by atoms with Crippen molar-refractivity contribution in [3.63, 3.8) is 0 Å². The number of aliphatic hydroxyl groups is 2. The van der Waals surface area contributed by atoms with Crippen LogP contribution in [0.4, 0.5) is 0 Å². The summed E-state index contributed by atoms with van der Waals surface area (Å²) in [5, 5.41) is 25.1. The molecule has 4 aliphatic carbocycles. The average molecular weight is 511 g/mol. The van der Waals surface area contributed by atoms with Gasteiger partial charge < -0.3 is 24.4 Å². The Bertz CT molecular complexity index is 1200. The van der Waals surface area contributed by atoms with Gasteiger partial charge in [0.15, 0.2) is 0 Å². The molecule has 0 radical (unpaired) electrons. The molecule has 3 saturated carbocycles. The first-order chi connectivity index (χ1) is 17.3. The molecule has 3 heterocycles. The summed E-state index contributed by atoms with van der Waals surface area (Å²) in [5.74, 6) is -1.08. The fourth-order valence-electron chi connectivity index (χ4n) is 10.2. The second-order valence-electron chi connectivity index (χ2n) is 13.8. The van der Waals surface area contributed by atoms with E-state index in [1.54, 1.807) is 6.92 Å². The molecule has 0 aromatic carbocycles. The summed E-state index contributed by atoms with van der Waals surface area (Å²) in [7, 11) is 0. The number of ether oxygens (including phenoxy) is 3. The molecule has 2 N–H and O–H groups in total. The largest absolute Gasteiger partial charge is 0.458 e. The Labute approximate surface area is 217 Å². The van der Waals surface area contributed by atoms with Crippen LogP contribution in [0.25, 0.3) is 0 Å². The Hall–Kier alpha value is -1.96. The predicted octanol–water partition coefficient (Wildman–Crippen LogP) is 3.39. The van der Waals surface area contributed by atoms with Crippen LogP contribution < -0.4 is 0 Å². The number of allylic oxidation sites excluding steroid dienone is 1. The van der Waals surface area contributed by atoms with Gasteiger partial charge in [-0.25, -0.2) is 9.59 Å². The molecule has 11 atom stereocenters. The van der Waals surface area contributed by atoms with E-state index < -0.39 is 22.4 Å². The van der Waals surface area contributed by atoms with Crippen molar-refractivity contribution in [2.75, 3.05) is 0 Å². The minimum absolute atomic E-state index is 0.00434. The van der Waals surface area contributed by atoms with Gasteiger partial charge in [0.1, 0.15) is 22.9 Å². The van der Waals surface area contributed by atoms with Crippen molar-refractivity contribution in [1.82, 2.24) is 0 Å². The molecule has 1 unspecified atom stereocenters. The molecule has 7 nitrogen and oxygen atoms in total. The van der Waals surface area contributed by atoms with Gasteiger partial charge in [-0.3, -0.25) is 0 Å². The Morgan fingerprint density at radius 1 is 1.00 bits per heavy atom. The molecule has 3 aliphatic heterocycles. The van der Waals surface area contributed by atoms with E-state index in [1.165, 1.54) is 6.08 Å². The molecule has 0 amide bonds. The molecule has 1 saturated heterocycles. The van der Waals surface area contributed by atoms with Gasteiger partial charge in [-0.15, -0.1) is 0 Å². The maximum absolute atomic E-state index is 12.7.